The van der Waals surface area contributed by atoms with Crippen LogP contribution in [0.3, 0.4) is 0 Å². The molecule has 1 N–H and O–H groups in total. The number of carbonyl (C=O) groups is 1. The minimum absolute atomic E-state index is 0.0157. The van der Waals surface area contributed by atoms with Crippen LogP contribution in [0.4, 0.5) is 11.6 Å². The van der Waals surface area contributed by atoms with Gasteiger partial charge in [-0.2, -0.15) is 0 Å². The van der Waals surface area contributed by atoms with Crippen molar-refractivity contribution < 1.29 is 14.3 Å². The Bertz CT molecular complexity index is 1060. The van der Waals surface area contributed by atoms with Gasteiger partial charge in [-0.3, -0.25) is 9.20 Å². The molecular weight excluding hydrogens is 358 g/mol. The van der Waals surface area contributed by atoms with E-state index in [1.165, 1.54) is 0 Å². The van der Waals surface area contributed by atoms with Crippen molar-refractivity contribution in [1.29, 1.82) is 0 Å². The van der Waals surface area contributed by atoms with Gasteiger partial charge in [-0.15, -0.1) is 0 Å². The third kappa shape index (κ3) is 2.86. The number of aromatic nitrogens is 3. The highest BCUT2D eigenvalue weighted by atomic mass is 16.5. The fourth-order valence-electron chi connectivity index (χ4n) is 3.72. The lowest BCUT2D eigenvalue weighted by atomic mass is 10.1. The summed E-state index contributed by atoms with van der Waals surface area (Å²) in [6, 6.07) is 7.81. The number of ether oxygens (including phenoxy) is 2. The fourth-order valence-corrected chi connectivity index (χ4v) is 3.72. The van der Waals surface area contributed by atoms with Gasteiger partial charge in [0, 0.05) is 37.7 Å². The molecule has 1 amide bonds. The zero-order valence-electron chi connectivity index (χ0n) is 15.6. The number of imidazole rings is 1. The lowest BCUT2D eigenvalue weighted by Crippen LogP contribution is -2.37. The van der Waals surface area contributed by atoms with Crippen LogP contribution < -0.4 is 15.0 Å². The predicted octanol–water partition coefficient (Wildman–Crippen LogP) is 2.13. The predicted molar refractivity (Wildman–Crippen MR) is 105 cm³/mol. The first-order valence-electron chi connectivity index (χ1n) is 9.42. The van der Waals surface area contributed by atoms with E-state index in [2.05, 4.69) is 10.2 Å². The molecule has 2 aliphatic rings. The van der Waals surface area contributed by atoms with E-state index in [4.69, 9.17) is 19.4 Å². The molecule has 0 aliphatic carbocycles. The number of benzene rings is 1. The van der Waals surface area contributed by atoms with Crippen molar-refractivity contribution >= 4 is 23.2 Å². The molecule has 3 aromatic rings. The summed E-state index contributed by atoms with van der Waals surface area (Å²) in [7, 11) is 1.65. The molecule has 8 heteroatoms. The number of anilines is 2. The molecule has 144 valence electrons. The SMILES string of the molecule is COc1cccc(-c2cn3c4c(nc3c(N3CCOCC3)n2)CCC(=O)N4)c1. The number of morpholine rings is 1. The van der Waals surface area contributed by atoms with Crippen LogP contribution in [0.2, 0.25) is 0 Å². The molecule has 4 heterocycles. The van der Waals surface area contributed by atoms with Gasteiger partial charge in [-0.05, 0) is 12.1 Å². The molecule has 0 atom stereocenters. The van der Waals surface area contributed by atoms with Crippen molar-refractivity contribution in [3.8, 4) is 17.0 Å². The number of nitrogens with zero attached hydrogens (tertiary/aromatic N) is 4. The average molecular weight is 379 g/mol. The summed E-state index contributed by atoms with van der Waals surface area (Å²) >= 11 is 0. The van der Waals surface area contributed by atoms with Gasteiger partial charge in [0.25, 0.3) is 0 Å². The molecule has 0 bridgehead atoms. The highest BCUT2D eigenvalue weighted by Gasteiger charge is 2.25. The van der Waals surface area contributed by atoms with Gasteiger partial charge in [0.05, 0.1) is 31.7 Å². The van der Waals surface area contributed by atoms with Gasteiger partial charge >= 0.3 is 0 Å². The highest BCUT2D eigenvalue weighted by Crippen LogP contribution is 2.32. The monoisotopic (exact) mass is 379 g/mol. The maximum atomic E-state index is 12.0. The Hall–Kier alpha value is -3.13. The Morgan fingerprint density at radius 2 is 2.04 bits per heavy atom. The van der Waals surface area contributed by atoms with E-state index >= 15 is 0 Å². The smallest absolute Gasteiger partial charge is 0.225 e. The zero-order valence-corrected chi connectivity index (χ0v) is 15.6. The molecule has 1 saturated heterocycles. The van der Waals surface area contributed by atoms with E-state index in [1.54, 1.807) is 7.11 Å². The second kappa shape index (κ2) is 6.79. The molecule has 28 heavy (non-hydrogen) atoms. The first-order chi connectivity index (χ1) is 13.7. The third-order valence-electron chi connectivity index (χ3n) is 5.18. The minimum Gasteiger partial charge on any atom is -0.497 e. The van der Waals surface area contributed by atoms with Crippen molar-refractivity contribution in [2.45, 2.75) is 12.8 Å². The summed E-state index contributed by atoms with van der Waals surface area (Å²) in [6.07, 6.45) is 3.03. The highest BCUT2D eigenvalue weighted by molar-refractivity contribution is 5.94. The van der Waals surface area contributed by atoms with Crippen LogP contribution in [0, 0.1) is 0 Å². The lowest BCUT2D eigenvalue weighted by molar-refractivity contribution is -0.116. The lowest BCUT2D eigenvalue weighted by Gasteiger charge is -2.28. The Kier molecular flexibility index (Phi) is 4.12. The summed E-state index contributed by atoms with van der Waals surface area (Å²) in [5.41, 5.74) is 3.41. The maximum Gasteiger partial charge on any atom is 0.225 e. The standard InChI is InChI=1S/C20H21N5O3/c1-27-14-4-2-3-13(11-14)16-12-25-18-15(5-6-17(26)23-18)21-20(25)19(22-16)24-7-9-28-10-8-24/h2-4,11-12H,5-10H2,1H3,(H,23,26). The first kappa shape index (κ1) is 17.0. The van der Waals surface area contributed by atoms with Gasteiger partial charge < -0.3 is 19.7 Å². The summed E-state index contributed by atoms with van der Waals surface area (Å²) in [5, 5.41) is 2.98. The number of fused-ring (bicyclic) bond motifs is 3. The average Bonchev–Trinajstić information content (AvgIpc) is 3.11. The van der Waals surface area contributed by atoms with Crippen LogP contribution in [0.1, 0.15) is 12.1 Å². The van der Waals surface area contributed by atoms with E-state index < -0.39 is 0 Å². The number of nitrogens with one attached hydrogen (secondary N) is 1. The summed E-state index contributed by atoms with van der Waals surface area (Å²) < 4.78 is 12.8. The minimum atomic E-state index is 0.0157. The van der Waals surface area contributed by atoms with Crippen molar-refractivity contribution in [2.75, 3.05) is 43.6 Å². The number of amides is 1. The van der Waals surface area contributed by atoms with E-state index in [-0.39, 0.29) is 5.91 Å². The summed E-state index contributed by atoms with van der Waals surface area (Å²) in [6.45, 7) is 2.84. The van der Waals surface area contributed by atoms with Crippen molar-refractivity contribution in [3.63, 3.8) is 0 Å². The molecule has 2 aromatic heterocycles. The number of hydrogen-bond acceptors (Lipinski definition) is 6. The van der Waals surface area contributed by atoms with Crippen molar-refractivity contribution in [1.82, 2.24) is 14.4 Å². The Labute approximate surface area is 162 Å². The number of methoxy groups -OCH3 is 1. The van der Waals surface area contributed by atoms with Crippen LogP contribution in [-0.4, -0.2) is 53.7 Å². The Morgan fingerprint density at radius 1 is 1.18 bits per heavy atom. The van der Waals surface area contributed by atoms with E-state index in [0.717, 1.165) is 53.1 Å². The van der Waals surface area contributed by atoms with Crippen LogP contribution in [0.5, 0.6) is 5.75 Å². The number of carbonyl (C=O) groups excluding carboxylic acids is 1. The first-order valence-corrected chi connectivity index (χ1v) is 9.42. The molecule has 0 spiro atoms. The van der Waals surface area contributed by atoms with Crippen molar-refractivity contribution in [3.05, 3.63) is 36.2 Å². The summed E-state index contributed by atoms with van der Waals surface area (Å²) in [4.78, 5) is 23.9. The number of rotatable bonds is 3. The van der Waals surface area contributed by atoms with Gasteiger partial charge in [0.1, 0.15) is 11.6 Å². The fraction of sp³-hybridized carbons (Fsp3) is 0.350. The van der Waals surface area contributed by atoms with Crippen LogP contribution in [-0.2, 0) is 16.0 Å². The van der Waals surface area contributed by atoms with Crippen LogP contribution in [0.15, 0.2) is 30.5 Å². The molecule has 0 radical (unpaired) electrons. The molecule has 2 aliphatic heterocycles. The number of aryl methyl sites for hydroxylation is 1. The Balaban J connectivity index is 1.72. The molecule has 0 unspecified atom stereocenters. The van der Waals surface area contributed by atoms with Gasteiger partial charge in [-0.1, -0.05) is 12.1 Å². The van der Waals surface area contributed by atoms with E-state index in [1.807, 2.05) is 34.9 Å². The van der Waals surface area contributed by atoms with Crippen LogP contribution in [0.25, 0.3) is 16.9 Å². The van der Waals surface area contributed by atoms with Gasteiger partial charge in [0.2, 0.25) is 5.91 Å². The van der Waals surface area contributed by atoms with E-state index in [9.17, 15) is 4.79 Å². The largest absolute Gasteiger partial charge is 0.497 e. The van der Waals surface area contributed by atoms with Crippen molar-refractivity contribution in [2.24, 2.45) is 0 Å². The molecule has 1 aromatic carbocycles. The zero-order chi connectivity index (χ0) is 19.1. The van der Waals surface area contributed by atoms with E-state index in [0.29, 0.717) is 26.1 Å². The topological polar surface area (TPSA) is 81.0 Å². The maximum absolute atomic E-state index is 12.0. The van der Waals surface area contributed by atoms with Gasteiger partial charge in [-0.25, -0.2) is 9.97 Å². The molecule has 1 fully saturated rings. The summed E-state index contributed by atoms with van der Waals surface area (Å²) in [5.74, 6) is 2.34. The second-order valence-electron chi connectivity index (χ2n) is 6.93. The third-order valence-corrected chi connectivity index (χ3v) is 5.18. The molecular formula is C20H21N5O3. The van der Waals surface area contributed by atoms with Gasteiger partial charge in [0.15, 0.2) is 11.5 Å². The second-order valence-corrected chi connectivity index (χ2v) is 6.93. The molecule has 5 rings (SSSR count). The normalized spacial score (nSPS) is 16.8. The Morgan fingerprint density at radius 3 is 2.86 bits per heavy atom. The number of hydrogen-bond donors (Lipinski definition) is 1. The quantitative estimate of drug-likeness (QED) is 0.751. The molecule has 0 saturated carbocycles. The molecule has 8 nitrogen and oxygen atoms in total. The van der Waals surface area contributed by atoms with Crippen LogP contribution >= 0.6 is 0 Å².